The Labute approximate surface area is 173 Å². The topological polar surface area (TPSA) is 77.2 Å². The standard InChI is InChI=1S/C19H15AsF3N3O3/c1-28-12-6-3-2-5-11(12)8-9-24-18(27)15-17(20)26-16(19(21,22)23)14(25-15)13-7-4-10-29-13/h2-7,10H,8-9H2,1H3,(H,24,27). The fraction of sp³-hybridized carbons (Fsp3) is 0.211. The molecule has 29 heavy (non-hydrogen) atoms. The summed E-state index contributed by atoms with van der Waals surface area (Å²) >= 11 is 1.84. The van der Waals surface area contributed by atoms with Crippen LogP contribution in [0.1, 0.15) is 21.7 Å². The number of hydrogen-bond donors (Lipinski definition) is 1. The molecular formula is C19H15AsF3N3O3. The molecule has 3 rings (SSSR count). The Balaban J connectivity index is 1.82. The quantitative estimate of drug-likeness (QED) is 0.567. The van der Waals surface area contributed by atoms with Crippen molar-refractivity contribution in [3.05, 3.63) is 59.6 Å². The fourth-order valence-electron chi connectivity index (χ4n) is 2.67. The van der Waals surface area contributed by atoms with E-state index in [1.165, 1.54) is 18.4 Å². The molecule has 1 amide bonds. The van der Waals surface area contributed by atoms with Crippen LogP contribution >= 0.6 is 0 Å². The molecule has 150 valence electrons. The van der Waals surface area contributed by atoms with Crippen molar-refractivity contribution in [3.63, 3.8) is 0 Å². The van der Waals surface area contributed by atoms with E-state index < -0.39 is 23.5 Å². The van der Waals surface area contributed by atoms with Crippen LogP contribution in [0, 0.1) is 0 Å². The van der Waals surface area contributed by atoms with Crippen LogP contribution in [-0.2, 0) is 12.6 Å². The Morgan fingerprint density at radius 2 is 1.97 bits per heavy atom. The zero-order chi connectivity index (χ0) is 21.0. The molecule has 1 N–H and O–H groups in total. The van der Waals surface area contributed by atoms with Crippen molar-refractivity contribution in [2.45, 2.75) is 12.6 Å². The molecule has 6 nitrogen and oxygen atoms in total. The average Bonchev–Trinajstić information content (AvgIpc) is 3.22. The number of amides is 1. The third-order valence-electron chi connectivity index (χ3n) is 3.99. The van der Waals surface area contributed by atoms with Gasteiger partial charge in [-0.2, -0.15) is 0 Å². The molecule has 0 spiro atoms. The molecule has 0 fully saturated rings. The first kappa shape index (κ1) is 20.9. The van der Waals surface area contributed by atoms with Crippen molar-refractivity contribution in [2.24, 2.45) is 0 Å². The second kappa shape index (κ2) is 8.69. The summed E-state index contributed by atoms with van der Waals surface area (Å²) in [4.78, 5) is 20.0. The summed E-state index contributed by atoms with van der Waals surface area (Å²) in [6.07, 6.45) is -3.05. The molecule has 0 atom stereocenters. The Morgan fingerprint density at radius 3 is 2.62 bits per heavy atom. The number of nitrogens with one attached hydrogen (secondary N) is 1. The van der Waals surface area contributed by atoms with Crippen LogP contribution in [0.15, 0.2) is 47.1 Å². The van der Waals surface area contributed by atoms with Gasteiger partial charge in [0.25, 0.3) is 0 Å². The monoisotopic (exact) mass is 465 g/mol. The molecule has 0 aliphatic carbocycles. The Hall–Kier alpha value is -2.80. The van der Waals surface area contributed by atoms with E-state index in [9.17, 15) is 18.0 Å². The first-order chi connectivity index (χ1) is 13.8. The number of rotatable bonds is 6. The number of carbonyl (C=O) groups is 1. The van der Waals surface area contributed by atoms with Gasteiger partial charge in [0.1, 0.15) is 0 Å². The maximum atomic E-state index is 13.4. The third kappa shape index (κ3) is 4.79. The molecule has 0 saturated heterocycles. The van der Waals surface area contributed by atoms with Crippen molar-refractivity contribution in [2.75, 3.05) is 13.7 Å². The number of ether oxygens (including phenoxy) is 1. The van der Waals surface area contributed by atoms with E-state index in [1.807, 2.05) is 35.1 Å². The van der Waals surface area contributed by atoms with E-state index in [4.69, 9.17) is 9.15 Å². The van der Waals surface area contributed by atoms with Crippen LogP contribution in [0.25, 0.3) is 11.5 Å². The van der Waals surface area contributed by atoms with Crippen LogP contribution in [0.4, 0.5) is 13.2 Å². The first-order valence-electron chi connectivity index (χ1n) is 8.43. The van der Waals surface area contributed by atoms with Gasteiger partial charge in [0.15, 0.2) is 0 Å². The number of para-hydroxylation sites is 1. The van der Waals surface area contributed by atoms with Crippen molar-refractivity contribution in [1.82, 2.24) is 15.3 Å². The van der Waals surface area contributed by atoms with E-state index in [-0.39, 0.29) is 22.5 Å². The van der Waals surface area contributed by atoms with Gasteiger partial charge in [0.05, 0.1) is 0 Å². The van der Waals surface area contributed by atoms with Crippen LogP contribution < -0.4 is 14.5 Å². The normalized spacial score (nSPS) is 11.3. The molecule has 0 aliphatic rings. The van der Waals surface area contributed by atoms with Gasteiger partial charge in [0, 0.05) is 0 Å². The first-order valence-corrected chi connectivity index (χ1v) is 9.37. The van der Waals surface area contributed by atoms with Gasteiger partial charge in [-0.15, -0.1) is 0 Å². The number of alkyl halides is 3. The van der Waals surface area contributed by atoms with E-state index >= 15 is 0 Å². The van der Waals surface area contributed by atoms with Crippen LogP contribution in [0.3, 0.4) is 0 Å². The van der Waals surface area contributed by atoms with Gasteiger partial charge >= 0.3 is 173 Å². The van der Waals surface area contributed by atoms with E-state index in [0.29, 0.717) is 12.2 Å². The van der Waals surface area contributed by atoms with Gasteiger partial charge in [-0.25, -0.2) is 0 Å². The SMILES string of the molecule is COc1ccccc1CCNC(=O)c1nc(-c2ccco2)c(C(F)(F)F)nc1[As]. The van der Waals surface area contributed by atoms with E-state index in [1.54, 1.807) is 13.2 Å². The molecule has 0 saturated carbocycles. The number of furan rings is 1. The Bertz CT molecular complexity index is 1010. The summed E-state index contributed by atoms with van der Waals surface area (Å²) in [5, 5.41) is 2.65. The summed E-state index contributed by atoms with van der Waals surface area (Å²) < 4.78 is 50.2. The third-order valence-corrected chi connectivity index (χ3v) is 4.64. The summed E-state index contributed by atoms with van der Waals surface area (Å²) in [5.41, 5.74) is -1.08. The van der Waals surface area contributed by atoms with E-state index in [0.717, 1.165) is 5.56 Å². The fourth-order valence-corrected chi connectivity index (χ4v) is 3.19. The minimum atomic E-state index is -4.75. The van der Waals surface area contributed by atoms with Gasteiger partial charge in [-0.05, 0) is 0 Å². The number of nitrogens with zero attached hydrogens (tertiary/aromatic N) is 2. The van der Waals surface area contributed by atoms with Crippen molar-refractivity contribution >= 4 is 27.2 Å². The van der Waals surface area contributed by atoms with Gasteiger partial charge in [0.2, 0.25) is 0 Å². The molecule has 3 aromatic rings. The van der Waals surface area contributed by atoms with Crippen molar-refractivity contribution in [3.8, 4) is 17.2 Å². The zero-order valence-electron chi connectivity index (χ0n) is 15.2. The van der Waals surface area contributed by atoms with Crippen LogP contribution in [0.2, 0.25) is 0 Å². The summed E-state index contributed by atoms with van der Waals surface area (Å²) in [7, 11) is 1.55. The maximum absolute atomic E-state index is 13.4. The molecule has 0 aliphatic heterocycles. The van der Waals surface area contributed by atoms with Gasteiger partial charge in [-0.1, -0.05) is 0 Å². The minimum absolute atomic E-state index is 0.125. The predicted octanol–water partition coefficient (Wildman–Crippen LogP) is 2.53. The predicted molar refractivity (Wildman–Crippen MR) is 99.2 cm³/mol. The number of hydrogen-bond acceptors (Lipinski definition) is 5. The number of aromatic nitrogens is 2. The van der Waals surface area contributed by atoms with Crippen molar-refractivity contribution in [1.29, 1.82) is 0 Å². The second-order valence-corrected chi connectivity index (χ2v) is 6.77. The van der Waals surface area contributed by atoms with Crippen LogP contribution in [-0.4, -0.2) is 46.4 Å². The molecule has 0 unspecified atom stereocenters. The second-order valence-electron chi connectivity index (χ2n) is 5.89. The molecular weight excluding hydrogens is 450 g/mol. The number of carbonyl (C=O) groups excluding carboxylic acids is 1. The summed E-state index contributed by atoms with van der Waals surface area (Å²) in [5.74, 6) is -0.0750. The molecule has 0 bridgehead atoms. The number of methoxy groups -OCH3 is 1. The molecule has 10 heteroatoms. The van der Waals surface area contributed by atoms with E-state index in [2.05, 4.69) is 15.3 Å². The average molecular weight is 465 g/mol. The Morgan fingerprint density at radius 1 is 1.21 bits per heavy atom. The number of halogens is 3. The molecule has 2 radical (unpaired) electrons. The van der Waals surface area contributed by atoms with Crippen molar-refractivity contribution < 1.29 is 27.1 Å². The summed E-state index contributed by atoms with van der Waals surface area (Å²) in [6.45, 7) is 0.241. The van der Waals surface area contributed by atoms with Gasteiger partial charge in [-0.3, -0.25) is 0 Å². The molecule has 1 aromatic carbocycles. The summed E-state index contributed by atoms with van der Waals surface area (Å²) in [6, 6.07) is 10.1. The van der Waals surface area contributed by atoms with Gasteiger partial charge < -0.3 is 0 Å². The zero-order valence-corrected chi connectivity index (χ0v) is 17.0. The number of benzene rings is 1. The molecule has 2 heterocycles. The molecule has 2 aromatic heterocycles. The van der Waals surface area contributed by atoms with Crippen LogP contribution in [0.5, 0.6) is 5.75 Å². The Kier molecular flexibility index (Phi) is 6.27.